The average molecular weight is 318 g/mol. The van der Waals surface area contributed by atoms with Crippen LogP contribution in [0.4, 0.5) is 11.6 Å². The van der Waals surface area contributed by atoms with Gasteiger partial charge in [0.2, 0.25) is 5.91 Å². The monoisotopic (exact) mass is 317 g/mol. The van der Waals surface area contributed by atoms with E-state index in [9.17, 15) is 4.79 Å². The molecule has 0 aliphatic carbocycles. The molecule has 110 valence electrons. The molecule has 1 aromatic rings. The molecule has 0 radical (unpaired) electrons. The first kappa shape index (κ1) is 15.2. The van der Waals surface area contributed by atoms with Crippen molar-refractivity contribution in [1.82, 2.24) is 4.98 Å². The maximum absolute atomic E-state index is 11.4. The molecule has 5 N–H and O–H groups in total. The van der Waals surface area contributed by atoms with Gasteiger partial charge in [0.1, 0.15) is 5.82 Å². The van der Waals surface area contributed by atoms with Gasteiger partial charge in [-0.15, -0.1) is 0 Å². The first-order chi connectivity index (χ1) is 9.43. The number of hydrogen-bond donors (Lipinski definition) is 3. The molecule has 1 aliphatic rings. The van der Waals surface area contributed by atoms with E-state index in [2.05, 4.69) is 17.3 Å². The number of hydrazine groups is 1. The van der Waals surface area contributed by atoms with Gasteiger partial charge >= 0.3 is 0 Å². The summed E-state index contributed by atoms with van der Waals surface area (Å²) in [6, 6.07) is 1.80. The molecule has 0 aromatic carbocycles. The first-order valence-corrected chi connectivity index (χ1v) is 7.08. The van der Waals surface area contributed by atoms with Gasteiger partial charge in [0.25, 0.3) is 0 Å². The second-order valence-corrected chi connectivity index (χ2v) is 5.76. The van der Waals surface area contributed by atoms with Crippen LogP contribution < -0.4 is 21.9 Å². The fourth-order valence-electron chi connectivity index (χ4n) is 2.39. The van der Waals surface area contributed by atoms with E-state index in [1.165, 1.54) is 0 Å². The Morgan fingerprint density at radius 1 is 1.45 bits per heavy atom. The maximum atomic E-state index is 11.4. The molecule has 2 unspecified atom stereocenters. The summed E-state index contributed by atoms with van der Waals surface area (Å²) in [5, 5.41) is 0.767. The van der Waals surface area contributed by atoms with E-state index in [0.29, 0.717) is 28.2 Å². The lowest BCUT2D eigenvalue weighted by molar-refractivity contribution is -0.122. The first-order valence-electron chi connectivity index (χ1n) is 6.32. The third kappa shape index (κ3) is 2.92. The number of carbonyl (C=O) groups excluding carboxylic acids is 1. The topological polar surface area (TPSA) is 97.3 Å². The Labute approximate surface area is 127 Å². The van der Waals surface area contributed by atoms with Gasteiger partial charge in [0.15, 0.2) is 5.82 Å². The predicted molar refractivity (Wildman–Crippen MR) is 80.8 cm³/mol. The minimum absolute atomic E-state index is 0.200. The maximum Gasteiger partial charge on any atom is 0.222 e. The Bertz CT molecular complexity index is 525. The molecule has 1 amide bonds. The minimum Gasteiger partial charge on any atom is -0.369 e. The van der Waals surface area contributed by atoms with Gasteiger partial charge in [-0.25, -0.2) is 10.8 Å². The number of nitrogens with two attached hydrogens (primary N) is 2. The summed E-state index contributed by atoms with van der Waals surface area (Å²) >= 11 is 12.2. The molecule has 0 spiro atoms. The van der Waals surface area contributed by atoms with Gasteiger partial charge in [-0.3, -0.25) is 4.79 Å². The van der Waals surface area contributed by atoms with Gasteiger partial charge < -0.3 is 16.1 Å². The molecule has 2 heterocycles. The number of pyridine rings is 1. The standard InChI is InChI=1S/C12H17Cl2N5O/c1-6-2-3-7(10(15)20)5-19(6)12-9(14)4-8(13)11(17-12)18-16/h4,6-7H,2-3,5,16H2,1H3,(H2,15,20)(H,17,18). The Hall–Kier alpha value is -1.24. The van der Waals surface area contributed by atoms with Crippen molar-refractivity contribution in [2.75, 3.05) is 16.9 Å². The summed E-state index contributed by atoms with van der Waals surface area (Å²) in [6.45, 7) is 2.55. The Kier molecular flexibility index (Phi) is 4.57. The number of amides is 1. The van der Waals surface area contributed by atoms with Crippen LogP contribution in [0.3, 0.4) is 0 Å². The van der Waals surface area contributed by atoms with Crippen LogP contribution in [-0.2, 0) is 4.79 Å². The molecule has 8 heteroatoms. The lowest BCUT2D eigenvalue weighted by Crippen LogP contribution is -2.46. The van der Waals surface area contributed by atoms with E-state index in [1.54, 1.807) is 6.07 Å². The van der Waals surface area contributed by atoms with Gasteiger partial charge in [-0.05, 0) is 25.8 Å². The fourth-order valence-corrected chi connectivity index (χ4v) is 2.92. The number of hydrogen-bond acceptors (Lipinski definition) is 5. The minimum atomic E-state index is -0.302. The number of nitrogen functional groups attached to an aromatic ring is 1. The summed E-state index contributed by atoms with van der Waals surface area (Å²) in [5.41, 5.74) is 7.83. The summed E-state index contributed by atoms with van der Waals surface area (Å²) < 4.78 is 0. The summed E-state index contributed by atoms with van der Waals surface area (Å²) in [7, 11) is 0. The van der Waals surface area contributed by atoms with Crippen molar-refractivity contribution in [2.24, 2.45) is 17.5 Å². The Morgan fingerprint density at radius 2 is 2.15 bits per heavy atom. The quantitative estimate of drug-likeness (QED) is 0.583. The van der Waals surface area contributed by atoms with Crippen LogP contribution in [0.5, 0.6) is 0 Å². The van der Waals surface area contributed by atoms with E-state index < -0.39 is 0 Å². The SMILES string of the molecule is CC1CCC(C(N)=O)CN1c1nc(NN)c(Cl)cc1Cl. The van der Waals surface area contributed by atoms with E-state index in [0.717, 1.165) is 12.8 Å². The summed E-state index contributed by atoms with van der Waals surface area (Å²) in [6.07, 6.45) is 1.62. The molecule has 20 heavy (non-hydrogen) atoms. The number of carbonyl (C=O) groups is 1. The van der Waals surface area contributed by atoms with Crippen LogP contribution in [0.25, 0.3) is 0 Å². The molecule has 1 saturated heterocycles. The number of halogens is 2. The second-order valence-electron chi connectivity index (χ2n) is 4.95. The number of nitrogens with one attached hydrogen (secondary N) is 1. The smallest absolute Gasteiger partial charge is 0.222 e. The second kappa shape index (κ2) is 6.03. The van der Waals surface area contributed by atoms with Crippen LogP contribution in [0.15, 0.2) is 6.07 Å². The zero-order valence-corrected chi connectivity index (χ0v) is 12.6. The van der Waals surface area contributed by atoms with Crippen LogP contribution in [0, 0.1) is 5.92 Å². The number of piperidine rings is 1. The highest BCUT2D eigenvalue weighted by molar-refractivity contribution is 6.37. The highest BCUT2D eigenvalue weighted by Gasteiger charge is 2.31. The number of aromatic nitrogens is 1. The molecule has 1 aromatic heterocycles. The molecule has 1 aliphatic heterocycles. The van der Waals surface area contributed by atoms with Gasteiger partial charge in [-0.2, -0.15) is 0 Å². The number of primary amides is 1. The van der Waals surface area contributed by atoms with Gasteiger partial charge in [0, 0.05) is 12.6 Å². The fraction of sp³-hybridized carbons (Fsp3) is 0.500. The molecular formula is C12H17Cl2N5O. The average Bonchev–Trinajstić information content (AvgIpc) is 2.40. The van der Waals surface area contributed by atoms with Crippen LogP contribution in [0.2, 0.25) is 10.0 Å². The van der Waals surface area contributed by atoms with Gasteiger partial charge in [-0.1, -0.05) is 23.2 Å². The van der Waals surface area contributed by atoms with E-state index in [1.807, 2.05) is 4.90 Å². The summed E-state index contributed by atoms with van der Waals surface area (Å²) in [5.74, 6) is 5.78. The highest BCUT2D eigenvalue weighted by Crippen LogP contribution is 2.35. The van der Waals surface area contributed by atoms with Crippen LogP contribution >= 0.6 is 23.2 Å². The lowest BCUT2D eigenvalue weighted by Gasteiger charge is -2.38. The zero-order valence-electron chi connectivity index (χ0n) is 11.1. The van der Waals surface area contributed by atoms with E-state index >= 15 is 0 Å². The number of anilines is 2. The third-order valence-electron chi connectivity index (χ3n) is 3.60. The lowest BCUT2D eigenvalue weighted by atomic mass is 9.93. The van der Waals surface area contributed by atoms with Crippen molar-refractivity contribution >= 4 is 40.7 Å². The van der Waals surface area contributed by atoms with Crippen LogP contribution in [-0.4, -0.2) is 23.5 Å². The van der Waals surface area contributed by atoms with Crippen molar-refractivity contribution < 1.29 is 4.79 Å². The number of rotatable bonds is 3. The molecular weight excluding hydrogens is 301 g/mol. The van der Waals surface area contributed by atoms with Crippen molar-refractivity contribution in [3.63, 3.8) is 0 Å². The van der Waals surface area contributed by atoms with Crippen molar-refractivity contribution in [1.29, 1.82) is 0 Å². The van der Waals surface area contributed by atoms with E-state index in [4.69, 9.17) is 34.8 Å². The molecule has 2 rings (SSSR count). The van der Waals surface area contributed by atoms with Crippen molar-refractivity contribution in [3.8, 4) is 0 Å². The molecule has 0 saturated carbocycles. The molecule has 6 nitrogen and oxygen atoms in total. The van der Waals surface area contributed by atoms with Gasteiger partial charge in [0.05, 0.1) is 16.0 Å². The Morgan fingerprint density at radius 3 is 2.75 bits per heavy atom. The molecule has 0 bridgehead atoms. The van der Waals surface area contributed by atoms with Crippen molar-refractivity contribution in [3.05, 3.63) is 16.1 Å². The van der Waals surface area contributed by atoms with Crippen molar-refractivity contribution in [2.45, 2.75) is 25.8 Å². The van der Waals surface area contributed by atoms with E-state index in [-0.39, 0.29) is 17.9 Å². The number of nitrogens with zero attached hydrogens (tertiary/aromatic N) is 2. The largest absolute Gasteiger partial charge is 0.369 e. The zero-order chi connectivity index (χ0) is 14.9. The highest BCUT2D eigenvalue weighted by atomic mass is 35.5. The third-order valence-corrected chi connectivity index (χ3v) is 4.17. The predicted octanol–water partition coefficient (Wildman–Crippen LogP) is 1.76. The molecule has 2 atom stereocenters. The molecule has 1 fully saturated rings. The Balaban J connectivity index is 2.35. The normalized spacial score (nSPS) is 22.7. The van der Waals surface area contributed by atoms with Crippen LogP contribution in [0.1, 0.15) is 19.8 Å². The summed E-state index contributed by atoms with van der Waals surface area (Å²) in [4.78, 5) is 17.7.